The first-order chi connectivity index (χ1) is 11.7. The van der Waals surface area contributed by atoms with E-state index in [0.29, 0.717) is 17.5 Å². The van der Waals surface area contributed by atoms with Crippen LogP contribution in [-0.2, 0) is 0 Å². The molecule has 4 rings (SSSR count). The fraction of sp³-hybridized carbons (Fsp3) is 0.353. The van der Waals surface area contributed by atoms with E-state index >= 15 is 0 Å². The van der Waals surface area contributed by atoms with Crippen LogP contribution in [0.5, 0.6) is 5.88 Å². The molecule has 24 heavy (non-hydrogen) atoms. The van der Waals surface area contributed by atoms with Crippen molar-refractivity contribution in [3.05, 3.63) is 29.6 Å². The average molecular weight is 325 g/mol. The van der Waals surface area contributed by atoms with Crippen LogP contribution >= 0.6 is 0 Å². The van der Waals surface area contributed by atoms with E-state index in [2.05, 4.69) is 24.8 Å². The lowest BCUT2D eigenvalue weighted by Crippen LogP contribution is -2.37. The number of aliphatic hydroxyl groups excluding tert-OH is 1. The van der Waals surface area contributed by atoms with Gasteiger partial charge in [0.05, 0.1) is 0 Å². The lowest BCUT2D eigenvalue weighted by atomic mass is 9.99. The van der Waals surface area contributed by atoms with Crippen molar-refractivity contribution >= 4 is 29.6 Å². The van der Waals surface area contributed by atoms with Crippen molar-refractivity contribution in [2.24, 2.45) is 10.9 Å². The van der Waals surface area contributed by atoms with E-state index in [-0.39, 0.29) is 18.4 Å². The summed E-state index contributed by atoms with van der Waals surface area (Å²) in [4.78, 5) is 18.0. The predicted molar refractivity (Wildman–Crippen MR) is 92.5 cm³/mol. The Bertz CT molecular complexity index is 811. The van der Waals surface area contributed by atoms with Crippen molar-refractivity contribution in [2.75, 3.05) is 24.6 Å². The Labute approximate surface area is 139 Å². The van der Waals surface area contributed by atoms with Crippen molar-refractivity contribution in [3.63, 3.8) is 0 Å². The number of H-pyrrole nitrogens is 1. The Balaban J connectivity index is 1.61. The number of imidazole rings is 1. The molecule has 2 aliphatic heterocycles. The third-order valence-corrected chi connectivity index (χ3v) is 4.50. The molecule has 7 heteroatoms. The summed E-state index contributed by atoms with van der Waals surface area (Å²) in [7, 11) is 0. The molecule has 1 unspecified atom stereocenters. The third kappa shape index (κ3) is 2.67. The molecule has 0 amide bonds. The highest BCUT2D eigenvalue weighted by molar-refractivity contribution is 6.20. The van der Waals surface area contributed by atoms with E-state index in [4.69, 9.17) is 0 Å². The van der Waals surface area contributed by atoms with Gasteiger partial charge in [-0.05, 0) is 37.0 Å². The zero-order valence-corrected chi connectivity index (χ0v) is 13.2. The quantitative estimate of drug-likeness (QED) is 0.801. The number of aliphatic imine (C=N–C) groups is 1. The second kappa shape index (κ2) is 6.09. The molecule has 2 aromatic heterocycles. The number of aromatic amines is 1. The fourth-order valence-electron chi connectivity index (χ4n) is 3.22. The highest BCUT2D eigenvalue weighted by Crippen LogP contribution is 2.32. The molecule has 2 aliphatic rings. The van der Waals surface area contributed by atoms with Crippen LogP contribution in [0.15, 0.2) is 23.3 Å². The van der Waals surface area contributed by atoms with Crippen molar-refractivity contribution in [3.8, 4) is 5.88 Å². The molecule has 4 heterocycles. The Kier molecular flexibility index (Phi) is 3.78. The third-order valence-electron chi connectivity index (χ3n) is 4.50. The highest BCUT2D eigenvalue weighted by atomic mass is 16.3. The van der Waals surface area contributed by atoms with Gasteiger partial charge in [-0.3, -0.25) is 0 Å². The van der Waals surface area contributed by atoms with E-state index in [1.807, 2.05) is 18.2 Å². The lowest BCUT2D eigenvalue weighted by molar-refractivity contribution is 0.208. The summed E-state index contributed by atoms with van der Waals surface area (Å²) in [6.07, 6.45) is 7.31. The molecule has 0 saturated carbocycles. The minimum atomic E-state index is -0.0330. The number of nitrogens with one attached hydrogen (secondary N) is 1. The Hall–Kier alpha value is -2.67. The number of hydrogen-bond donors (Lipinski definition) is 3. The molecule has 7 nitrogen and oxygen atoms in total. The van der Waals surface area contributed by atoms with Crippen LogP contribution in [0.1, 0.15) is 24.1 Å². The molecule has 0 radical (unpaired) electrons. The maximum Gasteiger partial charge on any atom is 0.238 e. The first-order valence-electron chi connectivity index (χ1n) is 8.10. The summed E-state index contributed by atoms with van der Waals surface area (Å²) in [5.74, 6) is 1.55. The number of fused-ring (bicyclic) bond motifs is 1. The topological polar surface area (TPSA) is 97.6 Å². The minimum Gasteiger partial charge on any atom is -0.492 e. The molecular weight excluding hydrogens is 306 g/mol. The number of aromatic hydroxyl groups is 1. The van der Waals surface area contributed by atoms with E-state index in [0.717, 1.165) is 37.1 Å². The molecular formula is C17H19N5O2. The summed E-state index contributed by atoms with van der Waals surface area (Å²) in [5.41, 5.74) is 2.37. The average Bonchev–Trinajstić information content (AvgIpc) is 3.20. The van der Waals surface area contributed by atoms with Gasteiger partial charge in [0.1, 0.15) is 5.69 Å². The Morgan fingerprint density at radius 1 is 1.42 bits per heavy atom. The predicted octanol–water partition coefficient (Wildman–Crippen LogP) is 1.98. The van der Waals surface area contributed by atoms with Crippen LogP contribution in [-0.4, -0.2) is 51.1 Å². The molecule has 2 aromatic rings. The van der Waals surface area contributed by atoms with E-state index in [9.17, 15) is 10.2 Å². The molecule has 0 bridgehead atoms. The van der Waals surface area contributed by atoms with Gasteiger partial charge in [0.25, 0.3) is 0 Å². The maximum atomic E-state index is 10.2. The van der Waals surface area contributed by atoms with Gasteiger partial charge in [-0.15, -0.1) is 0 Å². The molecule has 0 aromatic carbocycles. The van der Waals surface area contributed by atoms with Crippen molar-refractivity contribution in [2.45, 2.75) is 12.8 Å². The smallest absolute Gasteiger partial charge is 0.238 e. The van der Waals surface area contributed by atoms with Gasteiger partial charge in [0, 0.05) is 43.2 Å². The van der Waals surface area contributed by atoms with Crippen LogP contribution < -0.4 is 4.90 Å². The van der Waals surface area contributed by atoms with Crippen molar-refractivity contribution < 1.29 is 10.2 Å². The van der Waals surface area contributed by atoms with Crippen LogP contribution in [0.3, 0.4) is 0 Å². The van der Waals surface area contributed by atoms with Crippen LogP contribution in [0.25, 0.3) is 11.6 Å². The number of hydrogen-bond acceptors (Lipinski definition) is 6. The Morgan fingerprint density at radius 2 is 2.33 bits per heavy atom. The van der Waals surface area contributed by atoms with Gasteiger partial charge in [0.15, 0.2) is 5.82 Å². The zero-order valence-electron chi connectivity index (χ0n) is 13.2. The van der Waals surface area contributed by atoms with Crippen molar-refractivity contribution in [1.29, 1.82) is 0 Å². The number of pyridine rings is 1. The minimum absolute atomic E-state index is 0.0330. The monoisotopic (exact) mass is 325 g/mol. The summed E-state index contributed by atoms with van der Waals surface area (Å²) in [6, 6.07) is 3.81. The van der Waals surface area contributed by atoms with E-state index in [1.54, 1.807) is 12.4 Å². The van der Waals surface area contributed by atoms with Crippen LogP contribution in [0.2, 0.25) is 0 Å². The number of aliphatic hydroxyl groups is 1. The largest absolute Gasteiger partial charge is 0.492 e. The first kappa shape index (κ1) is 14.9. The number of rotatable bonds is 3. The summed E-state index contributed by atoms with van der Waals surface area (Å²) in [5, 5.41) is 19.5. The number of piperidine rings is 1. The number of nitrogens with zero attached hydrogens (tertiary/aromatic N) is 4. The lowest BCUT2D eigenvalue weighted by Gasteiger charge is -2.31. The number of anilines is 1. The second-order valence-electron chi connectivity index (χ2n) is 6.17. The first-order valence-corrected chi connectivity index (χ1v) is 8.10. The summed E-state index contributed by atoms with van der Waals surface area (Å²) >= 11 is 0. The Morgan fingerprint density at radius 3 is 3.21 bits per heavy atom. The van der Waals surface area contributed by atoms with Gasteiger partial charge >= 0.3 is 0 Å². The summed E-state index contributed by atoms with van der Waals surface area (Å²) < 4.78 is 0. The van der Waals surface area contributed by atoms with Gasteiger partial charge in [-0.1, -0.05) is 0 Å². The van der Waals surface area contributed by atoms with Crippen LogP contribution in [0.4, 0.5) is 11.8 Å². The fourth-order valence-corrected chi connectivity index (χ4v) is 3.22. The molecule has 0 aliphatic carbocycles. The standard InChI is InChI=1S/C17H19N5O2/c23-10-11-3-2-6-22(9-11)17-20-14(16(24)21-17)7-12-8-19-15-13(12)4-1-5-18-15/h1,4-5,7-8,11,23-24H,2-3,6,9-10H2,(H,20,21). The van der Waals surface area contributed by atoms with Crippen molar-refractivity contribution in [1.82, 2.24) is 15.0 Å². The second-order valence-corrected chi connectivity index (χ2v) is 6.17. The zero-order chi connectivity index (χ0) is 16.5. The number of allylic oxidation sites excluding steroid dienone is 1. The molecule has 1 saturated heterocycles. The molecule has 0 spiro atoms. The maximum absolute atomic E-state index is 10.2. The molecule has 124 valence electrons. The highest BCUT2D eigenvalue weighted by Gasteiger charge is 2.23. The molecule has 1 fully saturated rings. The van der Waals surface area contributed by atoms with Crippen LogP contribution in [0, 0.1) is 5.92 Å². The van der Waals surface area contributed by atoms with Gasteiger partial charge in [-0.25, -0.2) is 9.98 Å². The van der Waals surface area contributed by atoms with E-state index in [1.165, 1.54) is 0 Å². The number of aromatic nitrogens is 3. The SMILES string of the molecule is OCC1CCCN(c2nc(O)c(C=C3C=Nc4ncccc43)[nH]2)C1. The molecule has 1 atom stereocenters. The van der Waals surface area contributed by atoms with Gasteiger partial charge in [0.2, 0.25) is 11.8 Å². The summed E-state index contributed by atoms with van der Waals surface area (Å²) in [6.45, 7) is 1.79. The van der Waals surface area contributed by atoms with E-state index < -0.39 is 0 Å². The molecule has 3 N–H and O–H groups in total. The normalized spacial score (nSPS) is 21.5. The van der Waals surface area contributed by atoms with Gasteiger partial charge in [-0.2, -0.15) is 4.98 Å². The van der Waals surface area contributed by atoms with Gasteiger partial charge < -0.3 is 20.1 Å².